The van der Waals surface area contributed by atoms with Crippen LogP contribution in [0.4, 0.5) is 0 Å². The molecule has 3 nitrogen and oxygen atoms in total. The van der Waals surface area contributed by atoms with Gasteiger partial charge < -0.3 is 10.1 Å². The zero-order chi connectivity index (χ0) is 29.9. The summed E-state index contributed by atoms with van der Waals surface area (Å²) < 4.78 is 0. The van der Waals surface area contributed by atoms with Crippen molar-refractivity contribution >= 4 is 22.3 Å². The number of benzene rings is 2. The number of aliphatic hydroxyl groups excluding tert-OH is 1. The molecule has 1 heterocycles. The van der Waals surface area contributed by atoms with E-state index in [9.17, 15) is 9.90 Å². The van der Waals surface area contributed by atoms with Crippen molar-refractivity contribution in [3.63, 3.8) is 0 Å². The average Bonchev–Trinajstić information content (AvgIpc) is 2.96. The maximum absolute atomic E-state index is 11.7. The summed E-state index contributed by atoms with van der Waals surface area (Å²) in [6.07, 6.45) is 14.0. The number of hydrogen-bond donors (Lipinski definition) is 1. The Morgan fingerprint density at radius 1 is 1.02 bits per heavy atom. The summed E-state index contributed by atoms with van der Waals surface area (Å²) in [5, 5.41) is 12.4. The summed E-state index contributed by atoms with van der Waals surface area (Å²) in [5.74, 6) is 1.82. The van der Waals surface area contributed by atoms with Crippen LogP contribution in [-0.2, 0) is 30.3 Å². The Morgan fingerprint density at radius 3 is 2.31 bits per heavy atom. The van der Waals surface area contributed by atoms with Crippen LogP contribution in [-0.4, -0.2) is 16.6 Å². The molecule has 2 aliphatic carbocycles. The van der Waals surface area contributed by atoms with Crippen LogP contribution in [0.25, 0.3) is 10.8 Å². The Labute approximate surface area is 267 Å². The third-order valence-electron chi connectivity index (χ3n) is 9.55. The number of carbonyl (C=O) groups excluding carboxylic acids is 1. The van der Waals surface area contributed by atoms with Crippen molar-refractivity contribution in [2.24, 2.45) is 34.6 Å². The molecular formula is C38H48IrNO2-. The normalized spacial score (nSPS) is 20.2. The van der Waals surface area contributed by atoms with Gasteiger partial charge in [-0.1, -0.05) is 103 Å². The first-order valence-corrected chi connectivity index (χ1v) is 15.6. The molecule has 1 N–H and O–H groups in total. The second-order valence-electron chi connectivity index (χ2n) is 12.6. The molecule has 4 heteroatoms. The number of carbonyl (C=O) groups is 1. The van der Waals surface area contributed by atoms with Crippen molar-refractivity contribution in [1.82, 2.24) is 0 Å². The van der Waals surface area contributed by atoms with E-state index in [0.717, 1.165) is 25.7 Å². The number of aliphatic imine (C=N–C) groups is 1. The minimum absolute atomic E-state index is 0. The number of aliphatic hydroxyl groups is 1. The predicted octanol–water partition coefficient (Wildman–Crippen LogP) is 9.87. The van der Waals surface area contributed by atoms with Crippen LogP contribution in [0.5, 0.6) is 0 Å². The van der Waals surface area contributed by atoms with Gasteiger partial charge in [-0.2, -0.15) is 0 Å². The molecule has 3 aliphatic rings. The summed E-state index contributed by atoms with van der Waals surface area (Å²) in [7, 11) is 0. The first kappa shape index (κ1) is 33.9. The van der Waals surface area contributed by atoms with Crippen LogP contribution >= 0.6 is 0 Å². The van der Waals surface area contributed by atoms with Crippen LogP contribution in [0.1, 0.15) is 92.2 Å². The van der Waals surface area contributed by atoms with E-state index < -0.39 is 0 Å². The van der Waals surface area contributed by atoms with Gasteiger partial charge in [0.25, 0.3) is 0 Å². The number of allylic oxidation sites excluding steroid dienone is 7. The fourth-order valence-corrected chi connectivity index (χ4v) is 6.83. The summed E-state index contributed by atoms with van der Waals surface area (Å²) in [6.45, 7) is 17.4. The Hall–Kier alpha value is -2.55. The number of ketones is 1. The Kier molecular flexibility index (Phi) is 11.5. The molecular weight excluding hydrogens is 695 g/mol. The van der Waals surface area contributed by atoms with Crippen LogP contribution < -0.4 is 0 Å². The molecule has 0 amide bonds. The molecule has 2 atom stereocenters. The molecule has 0 saturated carbocycles. The number of hydrogen-bond acceptors (Lipinski definition) is 3. The maximum atomic E-state index is 11.7. The van der Waals surface area contributed by atoms with E-state index >= 15 is 0 Å². The van der Waals surface area contributed by atoms with E-state index in [1.54, 1.807) is 0 Å². The van der Waals surface area contributed by atoms with Gasteiger partial charge >= 0.3 is 0 Å². The topological polar surface area (TPSA) is 49.7 Å². The van der Waals surface area contributed by atoms with Gasteiger partial charge in [0.15, 0.2) is 5.78 Å². The van der Waals surface area contributed by atoms with Gasteiger partial charge in [-0.15, -0.1) is 29.1 Å². The monoisotopic (exact) mass is 743 g/mol. The summed E-state index contributed by atoms with van der Waals surface area (Å²) >= 11 is 0. The third-order valence-corrected chi connectivity index (χ3v) is 9.55. The number of nitrogens with zero attached hydrogens (tertiary/aromatic N) is 1. The van der Waals surface area contributed by atoms with Gasteiger partial charge in [0.05, 0.1) is 5.76 Å². The van der Waals surface area contributed by atoms with Crippen molar-refractivity contribution in [1.29, 1.82) is 0 Å². The minimum Gasteiger partial charge on any atom is -0.512 e. The fourth-order valence-electron chi connectivity index (χ4n) is 6.83. The molecule has 0 fully saturated rings. The van der Waals surface area contributed by atoms with E-state index in [1.165, 1.54) is 44.8 Å². The zero-order valence-electron chi connectivity index (χ0n) is 26.6. The SMILES string of the molecule is CC(C)C1=CC2C(=CN=C3c4[c-]ccc5cccc(c45)C(C)(C)C32)C=C1.CCC(CC)C(=O)/C=C(\O)C(CC)CC.[Ir]. The second kappa shape index (κ2) is 14.3. The summed E-state index contributed by atoms with van der Waals surface area (Å²) in [6, 6.07) is 14.4. The molecule has 2 aromatic rings. The van der Waals surface area contributed by atoms with Crippen molar-refractivity contribution in [3.8, 4) is 0 Å². The Bertz CT molecular complexity index is 1430. The zero-order valence-corrected chi connectivity index (χ0v) is 29.0. The van der Waals surface area contributed by atoms with E-state index in [0.29, 0.717) is 17.8 Å². The van der Waals surface area contributed by atoms with Gasteiger partial charge in [0, 0.05) is 50.1 Å². The quantitative estimate of drug-likeness (QED) is 0.166. The first-order chi connectivity index (χ1) is 19.6. The van der Waals surface area contributed by atoms with Crippen LogP contribution in [0, 0.1) is 35.7 Å². The molecule has 1 aliphatic heterocycles. The summed E-state index contributed by atoms with van der Waals surface area (Å²) in [5.41, 5.74) is 6.64. The van der Waals surface area contributed by atoms with Crippen LogP contribution in [0.3, 0.4) is 0 Å². The predicted molar refractivity (Wildman–Crippen MR) is 173 cm³/mol. The smallest absolute Gasteiger partial charge is 0.162 e. The molecule has 0 saturated heterocycles. The van der Waals surface area contributed by atoms with E-state index in [2.05, 4.69) is 88.5 Å². The largest absolute Gasteiger partial charge is 0.512 e. The van der Waals surface area contributed by atoms with Gasteiger partial charge in [-0.25, -0.2) is 0 Å². The molecule has 0 aromatic heterocycles. The van der Waals surface area contributed by atoms with Crippen molar-refractivity contribution in [3.05, 3.63) is 94.9 Å². The van der Waals surface area contributed by atoms with Crippen molar-refractivity contribution in [2.75, 3.05) is 0 Å². The number of rotatable bonds is 8. The van der Waals surface area contributed by atoms with Gasteiger partial charge in [-0.05, 0) is 59.8 Å². The Balaban J connectivity index is 0.000000263. The molecule has 2 unspecified atom stereocenters. The second-order valence-corrected chi connectivity index (χ2v) is 12.6. The fraction of sp³-hybridized carbons (Fsp3) is 0.474. The van der Waals surface area contributed by atoms with Crippen LogP contribution in [0.15, 0.2) is 82.7 Å². The summed E-state index contributed by atoms with van der Waals surface area (Å²) in [4.78, 5) is 16.7. The van der Waals surface area contributed by atoms with E-state index in [4.69, 9.17) is 4.99 Å². The molecule has 5 rings (SSSR count). The average molecular weight is 743 g/mol. The minimum atomic E-state index is 0. The first-order valence-electron chi connectivity index (χ1n) is 15.6. The van der Waals surface area contributed by atoms with Crippen molar-refractivity contribution < 1.29 is 30.0 Å². The molecule has 42 heavy (non-hydrogen) atoms. The van der Waals surface area contributed by atoms with E-state index in [-0.39, 0.29) is 48.9 Å². The van der Waals surface area contributed by atoms with Gasteiger partial charge in [0.1, 0.15) is 0 Å². The molecule has 0 bridgehead atoms. The number of fused-ring (bicyclic) bond motifs is 4. The van der Waals surface area contributed by atoms with E-state index in [1.807, 2.05) is 27.7 Å². The standard InChI is InChI=1S/C25H24N.C13H24O2.Ir/c1-15(2)17-11-12-18-14-26-24-19-9-5-7-16-8-6-10-21(22(16)19)25(3,4)23(24)20(18)13-17;1-5-10(6-2)12(14)9-13(15)11(7-3)8-4;/h5-8,10-15,20,23H,1-4H3;9-11,14H,5-8H2,1-4H3;/q-1;;/b;12-9-;. The maximum Gasteiger partial charge on any atom is 0.162 e. The van der Waals surface area contributed by atoms with Crippen molar-refractivity contribution in [2.45, 2.75) is 86.5 Å². The third kappa shape index (κ3) is 6.51. The molecule has 0 spiro atoms. The van der Waals surface area contributed by atoms with Gasteiger partial charge in [-0.3, -0.25) is 4.79 Å². The van der Waals surface area contributed by atoms with Crippen LogP contribution in [0.2, 0.25) is 0 Å². The molecule has 227 valence electrons. The molecule has 1 radical (unpaired) electrons. The Morgan fingerprint density at radius 2 is 1.69 bits per heavy atom. The van der Waals surface area contributed by atoms with Gasteiger partial charge in [0.2, 0.25) is 0 Å². The molecule has 2 aromatic carbocycles.